The molecule has 0 fully saturated rings. The number of para-hydroxylation sites is 1. The average molecular weight is 365 g/mol. The summed E-state index contributed by atoms with van der Waals surface area (Å²) in [6.45, 7) is 0.213. The summed E-state index contributed by atoms with van der Waals surface area (Å²) >= 11 is 0. The Morgan fingerprint density at radius 3 is 2.52 bits per heavy atom. The van der Waals surface area contributed by atoms with E-state index in [-0.39, 0.29) is 24.4 Å². The van der Waals surface area contributed by atoms with Crippen molar-refractivity contribution in [3.8, 4) is 0 Å². The Hall–Kier alpha value is -3.48. The predicted octanol–water partition coefficient (Wildman–Crippen LogP) is 1.97. The fraction of sp³-hybridized carbons (Fsp3) is 0.200. The number of carbonyl (C=O) groups is 2. The van der Waals surface area contributed by atoms with E-state index in [2.05, 4.69) is 10.3 Å². The molecular formula is C20H19N3O4. The predicted molar refractivity (Wildman–Crippen MR) is 100 cm³/mol. The zero-order valence-corrected chi connectivity index (χ0v) is 14.5. The minimum absolute atomic E-state index is 0.0340. The summed E-state index contributed by atoms with van der Waals surface area (Å²) in [5, 5.41) is 11.9. The molecule has 0 aliphatic heterocycles. The van der Waals surface area contributed by atoms with Crippen LogP contribution in [-0.2, 0) is 9.59 Å². The molecule has 2 aromatic carbocycles. The Kier molecular flexibility index (Phi) is 5.61. The van der Waals surface area contributed by atoms with Crippen molar-refractivity contribution in [3.05, 3.63) is 76.8 Å². The molecule has 138 valence electrons. The zero-order valence-electron chi connectivity index (χ0n) is 14.5. The number of fused-ring (bicyclic) bond motifs is 1. The van der Waals surface area contributed by atoms with E-state index in [9.17, 15) is 14.4 Å². The number of hydrogen-bond donors (Lipinski definition) is 2. The van der Waals surface area contributed by atoms with Gasteiger partial charge in [-0.3, -0.25) is 19.0 Å². The highest BCUT2D eigenvalue weighted by Gasteiger charge is 2.24. The van der Waals surface area contributed by atoms with Crippen molar-refractivity contribution in [3.63, 3.8) is 0 Å². The molecule has 0 radical (unpaired) electrons. The van der Waals surface area contributed by atoms with Crippen LogP contribution in [0.3, 0.4) is 0 Å². The second-order valence-corrected chi connectivity index (χ2v) is 6.08. The number of nitrogens with zero attached hydrogens (tertiary/aromatic N) is 2. The molecule has 1 heterocycles. The van der Waals surface area contributed by atoms with Crippen LogP contribution in [0, 0.1) is 0 Å². The average Bonchev–Trinajstić information content (AvgIpc) is 2.68. The van der Waals surface area contributed by atoms with Gasteiger partial charge in [-0.15, -0.1) is 0 Å². The Morgan fingerprint density at radius 2 is 1.78 bits per heavy atom. The number of aromatic nitrogens is 2. The smallest absolute Gasteiger partial charge is 0.303 e. The third kappa shape index (κ3) is 4.20. The van der Waals surface area contributed by atoms with Gasteiger partial charge in [0.15, 0.2) is 0 Å². The molecule has 3 aromatic rings. The standard InChI is InChI=1S/C20H19N3O4/c24-17(25)11-6-12-21-19(26)18(14-7-2-1-3-8-14)23-13-22-16-10-5-4-9-15(16)20(23)27/h1-5,7-10,13,18H,6,11-12H2,(H,21,26)(H,24,25). The number of rotatable bonds is 7. The number of aliphatic carboxylic acids is 1. The first-order chi connectivity index (χ1) is 13.1. The third-order valence-electron chi connectivity index (χ3n) is 4.20. The lowest BCUT2D eigenvalue weighted by Crippen LogP contribution is -2.38. The van der Waals surface area contributed by atoms with Gasteiger partial charge < -0.3 is 10.4 Å². The molecule has 0 bridgehead atoms. The molecule has 0 aliphatic carbocycles. The molecule has 1 aromatic heterocycles. The van der Waals surface area contributed by atoms with Crippen molar-refractivity contribution in [1.29, 1.82) is 0 Å². The highest BCUT2D eigenvalue weighted by atomic mass is 16.4. The van der Waals surface area contributed by atoms with Gasteiger partial charge in [0.25, 0.3) is 5.56 Å². The van der Waals surface area contributed by atoms with E-state index in [1.807, 2.05) is 6.07 Å². The summed E-state index contributed by atoms with van der Waals surface area (Å²) in [6.07, 6.45) is 1.65. The minimum Gasteiger partial charge on any atom is -0.481 e. The van der Waals surface area contributed by atoms with E-state index in [0.29, 0.717) is 22.9 Å². The molecule has 3 rings (SSSR count). The van der Waals surface area contributed by atoms with Gasteiger partial charge in [0.2, 0.25) is 5.91 Å². The van der Waals surface area contributed by atoms with Crippen molar-refractivity contribution >= 4 is 22.8 Å². The first-order valence-electron chi connectivity index (χ1n) is 8.58. The van der Waals surface area contributed by atoms with Gasteiger partial charge in [0.05, 0.1) is 17.2 Å². The Balaban J connectivity index is 1.96. The number of amides is 1. The summed E-state index contributed by atoms with van der Waals surface area (Å²) in [5.41, 5.74) is 0.898. The molecule has 2 N–H and O–H groups in total. The van der Waals surface area contributed by atoms with Crippen LogP contribution in [0.5, 0.6) is 0 Å². The summed E-state index contributed by atoms with van der Waals surface area (Å²) in [7, 11) is 0. The van der Waals surface area contributed by atoms with Gasteiger partial charge in [0, 0.05) is 13.0 Å². The van der Waals surface area contributed by atoms with Gasteiger partial charge in [-0.25, -0.2) is 4.98 Å². The topological polar surface area (TPSA) is 101 Å². The number of hydrogen-bond acceptors (Lipinski definition) is 4. The molecule has 0 spiro atoms. The molecule has 1 amide bonds. The molecule has 7 nitrogen and oxygen atoms in total. The van der Waals surface area contributed by atoms with Crippen LogP contribution in [0.25, 0.3) is 10.9 Å². The quantitative estimate of drug-likeness (QED) is 0.623. The molecule has 0 aliphatic rings. The summed E-state index contributed by atoms with van der Waals surface area (Å²) in [4.78, 5) is 40.7. The van der Waals surface area contributed by atoms with Gasteiger partial charge in [-0.05, 0) is 24.1 Å². The summed E-state index contributed by atoms with van der Waals surface area (Å²) in [5.74, 6) is -1.30. The van der Waals surface area contributed by atoms with Gasteiger partial charge >= 0.3 is 5.97 Å². The lowest BCUT2D eigenvalue weighted by Gasteiger charge is -2.20. The largest absolute Gasteiger partial charge is 0.481 e. The van der Waals surface area contributed by atoms with Gasteiger partial charge in [0.1, 0.15) is 6.04 Å². The third-order valence-corrected chi connectivity index (χ3v) is 4.20. The number of nitrogens with one attached hydrogen (secondary N) is 1. The van der Waals surface area contributed by atoms with Crippen molar-refractivity contribution in [2.45, 2.75) is 18.9 Å². The number of carboxylic acids is 1. The minimum atomic E-state index is -0.918. The van der Waals surface area contributed by atoms with E-state index in [0.717, 1.165) is 0 Å². The lowest BCUT2D eigenvalue weighted by molar-refractivity contribution is -0.137. The molecule has 1 unspecified atom stereocenters. The normalized spacial score (nSPS) is 11.9. The summed E-state index contributed by atoms with van der Waals surface area (Å²) < 4.78 is 1.31. The fourth-order valence-electron chi connectivity index (χ4n) is 2.89. The lowest BCUT2D eigenvalue weighted by atomic mass is 10.1. The molecule has 1 atom stereocenters. The second-order valence-electron chi connectivity index (χ2n) is 6.08. The second kappa shape index (κ2) is 8.27. The van der Waals surface area contributed by atoms with Crippen LogP contribution >= 0.6 is 0 Å². The Morgan fingerprint density at radius 1 is 1.07 bits per heavy atom. The van der Waals surface area contributed by atoms with Gasteiger partial charge in [-0.1, -0.05) is 42.5 Å². The molecule has 7 heteroatoms. The van der Waals surface area contributed by atoms with Crippen molar-refractivity contribution in [2.75, 3.05) is 6.54 Å². The van der Waals surface area contributed by atoms with E-state index < -0.39 is 12.0 Å². The van der Waals surface area contributed by atoms with E-state index in [1.54, 1.807) is 48.5 Å². The van der Waals surface area contributed by atoms with Crippen LogP contribution in [0.1, 0.15) is 24.4 Å². The summed E-state index contributed by atoms with van der Waals surface area (Å²) in [6, 6.07) is 15.0. The van der Waals surface area contributed by atoms with Crippen molar-refractivity contribution < 1.29 is 14.7 Å². The Labute approximate surface area is 155 Å². The van der Waals surface area contributed by atoms with Crippen LogP contribution in [0.4, 0.5) is 0 Å². The van der Waals surface area contributed by atoms with E-state index in [1.165, 1.54) is 10.9 Å². The van der Waals surface area contributed by atoms with Crippen LogP contribution in [0.15, 0.2) is 65.7 Å². The van der Waals surface area contributed by atoms with Crippen molar-refractivity contribution in [1.82, 2.24) is 14.9 Å². The maximum absolute atomic E-state index is 12.9. The Bertz CT molecular complexity index is 1010. The zero-order chi connectivity index (χ0) is 19.2. The first-order valence-corrected chi connectivity index (χ1v) is 8.58. The molecular weight excluding hydrogens is 346 g/mol. The maximum atomic E-state index is 12.9. The monoisotopic (exact) mass is 365 g/mol. The van der Waals surface area contributed by atoms with Crippen molar-refractivity contribution in [2.24, 2.45) is 0 Å². The highest BCUT2D eigenvalue weighted by Crippen LogP contribution is 2.18. The SMILES string of the molecule is O=C(O)CCCNC(=O)C(c1ccccc1)n1cnc2ccccc2c1=O. The molecule has 0 saturated heterocycles. The number of carboxylic acid groups (broad SMARTS) is 1. The van der Waals surface area contributed by atoms with Gasteiger partial charge in [-0.2, -0.15) is 0 Å². The molecule has 27 heavy (non-hydrogen) atoms. The number of benzene rings is 2. The van der Waals surface area contributed by atoms with E-state index >= 15 is 0 Å². The van der Waals surface area contributed by atoms with E-state index in [4.69, 9.17) is 5.11 Å². The van der Waals surface area contributed by atoms with Crippen LogP contribution in [-0.4, -0.2) is 33.1 Å². The fourth-order valence-corrected chi connectivity index (χ4v) is 2.89. The molecule has 0 saturated carbocycles. The first kappa shape index (κ1) is 18.3. The van der Waals surface area contributed by atoms with Crippen LogP contribution in [0.2, 0.25) is 0 Å². The van der Waals surface area contributed by atoms with Crippen LogP contribution < -0.4 is 10.9 Å². The maximum Gasteiger partial charge on any atom is 0.303 e. The number of carbonyl (C=O) groups excluding carboxylic acids is 1. The highest BCUT2D eigenvalue weighted by molar-refractivity contribution is 5.84.